The molecule has 7 nitrogen and oxygen atoms in total. The Bertz CT molecular complexity index is 1160. The van der Waals surface area contributed by atoms with E-state index in [4.69, 9.17) is 9.47 Å². The number of nitrogens with one attached hydrogen (secondary N) is 1. The number of aliphatic hydroxyl groups is 3. The average Bonchev–Trinajstić information content (AvgIpc) is 3.23. The molecule has 178 valence electrons. The van der Waals surface area contributed by atoms with E-state index in [0.29, 0.717) is 30.2 Å². The molecular weight excluding hydrogens is 500 g/mol. The van der Waals surface area contributed by atoms with Crippen molar-refractivity contribution in [2.24, 2.45) is 5.92 Å². The Labute approximate surface area is 206 Å². The summed E-state index contributed by atoms with van der Waals surface area (Å²) in [7, 11) is 1.51. The van der Waals surface area contributed by atoms with Crippen LogP contribution in [0.1, 0.15) is 22.6 Å². The number of halogens is 1. The lowest BCUT2D eigenvalue weighted by molar-refractivity contribution is -0.152. The molecule has 0 amide bonds. The van der Waals surface area contributed by atoms with Crippen molar-refractivity contribution >= 4 is 15.9 Å². The number of benzene rings is 2. The highest BCUT2D eigenvalue weighted by Gasteiger charge is 2.76. The first kappa shape index (κ1) is 23.3. The Morgan fingerprint density at radius 2 is 1.85 bits per heavy atom. The molecule has 2 aromatic carbocycles. The Balaban J connectivity index is 1.80. The third-order valence-corrected chi connectivity index (χ3v) is 7.64. The number of hydrogen-bond acceptors (Lipinski definition) is 7. The van der Waals surface area contributed by atoms with Crippen molar-refractivity contribution in [3.8, 4) is 11.5 Å². The van der Waals surface area contributed by atoms with Gasteiger partial charge in [0.25, 0.3) is 0 Å². The summed E-state index contributed by atoms with van der Waals surface area (Å²) < 4.78 is 13.2. The molecule has 5 atom stereocenters. The lowest BCUT2D eigenvalue weighted by atomic mass is 9.70. The predicted molar refractivity (Wildman–Crippen MR) is 130 cm³/mol. The second kappa shape index (κ2) is 8.94. The zero-order valence-corrected chi connectivity index (χ0v) is 20.3. The van der Waals surface area contributed by atoms with Gasteiger partial charge < -0.3 is 30.1 Å². The molecule has 1 aromatic heterocycles. The molecule has 0 saturated heterocycles. The fourth-order valence-corrected chi connectivity index (χ4v) is 6.07. The van der Waals surface area contributed by atoms with Crippen molar-refractivity contribution in [1.29, 1.82) is 0 Å². The summed E-state index contributed by atoms with van der Waals surface area (Å²) in [6.45, 7) is 0.715. The Morgan fingerprint density at radius 1 is 1.12 bits per heavy atom. The van der Waals surface area contributed by atoms with Crippen LogP contribution in [0.15, 0.2) is 71.5 Å². The van der Waals surface area contributed by atoms with Gasteiger partial charge in [0.1, 0.15) is 11.5 Å². The van der Waals surface area contributed by atoms with Crippen LogP contribution in [0.2, 0.25) is 0 Å². The summed E-state index contributed by atoms with van der Waals surface area (Å²) in [5, 5.41) is 37.0. The van der Waals surface area contributed by atoms with Crippen LogP contribution >= 0.6 is 15.9 Å². The van der Waals surface area contributed by atoms with Gasteiger partial charge in [-0.15, -0.1) is 0 Å². The molecule has 1 fully saturated rings. The Hall–Kier alpha value is -2.49. The molecule has 1 aliphatic heterocycles. The molecule has 2 aliphatic rings. The van der Waals surface area contributed by atoms with Gasteiger partial charge in [-0.25, -0.2) is 0 Å². The van der Waals surface area contributed by atoms with Crippen LogP contribution < -0.4 is 14.8 Å². The van der Waals surface area contributed by atoms with E-state index >= 15 is 0 Å². The average molecular weight is 527 g/mol. The summed E-state index contributed by atoms with van der Waals surface area (Å²) in [4.78, 5) is 4.24. The van der Waals surface area contributed by atoms with Gasteiger partial charge in [0.05, 0.1) is 37.8 Å². The number of nitrogens with zero attached hydrogens (tertiary/aromatic N) is 1. The van der Waals surface area contributed by atoms with Crippen LogP contribution in [0.3, 0.4) is 0 Å². The lowest BCUT2D eigenvalue weighted by Gasteiger charge is -2.41. The summed E-state index contributed by atoms with van der Waals surface area (Å²) in [6, 6.07) is 17.4. The van der Waals surface area contributed by atoms with E-state index in [1.807, 2.05) is 54.6 Å². The van der Waals surface area contributed by atoms with Crippen LogP contribution in [-0.4, -0.2) is 53.2 Å². The first-order valence-corrected chi connectivity index (χ1v) is 12.0. The van der Waals surface area contributed by atoms with E-state index in [-0.39, 0.29) is 6.61 Å². The topological polar surface area (TPSA) is 104 Å². The van der Waals surface area contributed by atoms with E-state index in [1.54, 1.807) is 6.20 Å². The van der Waals surface area contributed by atoms with Gasteiger partial charge in [0, 0.05) is 29.4 Å². The second-order valence-electron chi connectivity index (χ2n) is 8.75. The highest BCUT2D eigenvalue weighted by atomic mass is 79.9. The second-order valence-corrected chi connectivity index (χ2v) is 9.67. The van der Waals surface area contributed by atoms with E-state index in [0.717, 1.165) is 15.6 Å². The SMILES string of the molecule is COc1cncc2c1[C@]1(O)[C@H](O)[C@H](CNCCO)C(c3ccccc3)[C@]1(c1ccc(Br)cc1)O2. The Morgan fingerprint density at radius 3 is 2.53 bits per heavy atom. The molecule has 8 heteroatoms. The van der Waals surface area contributed by atoms with Crippen LogP contribution in [-0.2, 0) is 11.2 Å². The molecule has 0 bridgehead atoms. The maximum absolute atomic E-state index is 12.6. The maximum Gasteiger partial charge on any atom is 0.177 e. The molecule has 1 saturated carbocycles. The molecular formula is C26H27BrN2O5. The molecule has 34 heavy (non-hydrogen) atoms. The van der Waals surface area contributed by atoms with Gasteiger partial charge in [0.2, 0.25) is 0 Å². The van der Waals surface area contributed by atoms with Crippen molar-refractivity contribution in [2.45, 2.75) is 23.2 Å². The molecule has 4 N–H and O–H groups in total. The highest BCUT2D eigenvalue weighted by molar-refractivity contribution is 9.10. The van der Waals surface area contributed by atoms with Crippen LogP contribution in [0.4, 0.5) is 0 Å². The summed E-state index contributed by atoms with van der Waals surface area (Å²) in [5.41, 5.74) is -1.12. The zero-order chi connectivity index (χ0) is 23.9. The maximum atomic E-state index is 12.6. The summed E-state index contributed by atoms with van der Waals surface area (Å²) >= 11 is 3.50. The molecule has 1 aliphatic carbocycles. The van der Waals surface area contributed by atoms with Gasteiger partial charge in [0.15, 0.2) is 11.2 Å². The van der Waals surface area contributed by atoms with Crippen molar-refractivity contribution in [1.82, 2.24) is 10.3 Å². The van der Waals surface area contributed by atoms with Gasteiger partial charge in [-0.1, -0.05) is 58.4 Å². The quantitative estimate of drug-likeness (QED) is 0.351. The minimum Gasteiger partial charge on any atom is -0.495 e. The van der Waals surface area contributed by atoms with Gasteiger partial charge in [-0.05, 0) is 23.3 Å². The largest absolute Gasteiger partial charge is 0.495 e. The minimum atomic E-state index is -1.82. The van der Waals surface area contributed by atoms with Crippen LogP contribution in [0.5, 0.6) is 11.5 Å². The number of methoxy groups -OCH3 is 1. The fourth-order valence-electron chi connectivity index (χ4n) is 5.81. The summed E-state index contributed by atoms with van der Waals surface area (Å²) in [5.74, 6) is -0.132. The minimum absolute atomic E-state index is 0.0280. The van der Waals surface area contributed by atoms with Crippen molar-refractivity contribution < 1.29 is 24.8 Å². The molecule has 0 radical (unpaired) electrons. The number of aliphatic hydroxyl groups excluding tert-OH is 2. The number of rotatable bonds is 7. The van der Waals surface area contributed by atoms with E-state index < -0.39 is 29.1 Å². The number of fused-ring (bicyclic) bond motifs is 3. The van der Waals surface area contributed by atoms with Crippen LogP contribution in [0.25, 0.3) is 0 Å². The molecule has 3 aromatic rings. The smallest absolute Gasteiger partial charge is 0.177 e. The normalized spacial score (nSPS) is 29.4. The van der Waals surface area contributed by atoms with E-state index in [2.05, 4.69) is 26.2 Å². The molecule has 1 unspecified atom stereocenters. The van der Waals surface area contributed by atoms with Crippen LogP contribution in [0, 0.1) is 5.92 Å². The standard InChI is InChI=1S/C26H27BrN2O5/c1-33-20-14-29-15-21-23(20)25(32)24(31)19(13-28-11-12-30)22(16-5-3-2-4-6-16)26(25,34-21)17-7-9-18(27)10-8-17/h2-10,14-15,19,22,24,28,30-32H,11-13H2,1H3/t19-,22?,24-,25+,26+/m1/s1. The van der Waals surface area contributed by atoms with E-state index in [9.17, 15) is 15.3 Å². The molecule has 5 rings (SSSR count). The Kier molecular flexibility index (Phi) is 6.12. The zero-order valence-electron chi connectivity index (χ0n) is 18.7. The fraction of sp³-hybridized carbons (Fsp3) is 0.346. The number of hydrogen-bond donors (Lipinski definition) is 4. The molecule has 2 heterocycles. The van der Waals surface area contributed by atoms with Gasteiger partial charge in [-0.3, -0.25) is 4.98 Å². The van der Waals surface area contributed by atoms with Crippen molar-refractivity contribution in [2.75, 3.05) is 26.8 Å². The third kappa shape index (κ3) is 3.21. The number of aromatic nitrogens is 1. The number of ether oxygens (including phenoxy) is 2. The van der Waals surface area contributed by atoms with Gasteiger partial charge in [-0.2, -0.15) is 0 Å². The monoisotopic (exact) mass is 526 g/mol. The lowest BCUT2D eigenvalue weighted by Crippen LogP contribution is -2.52. The third-order valence-electron chi connectivity index (χ3n) is 7.11. The highest BCUT2D eigenvalue weighted by Crippen LogP contribution is 2.69. The van der Waals surface area contributed by atoms with E-state index in [1.165, 1.54) is 13.3 Å². The first-order chi connectivity index (χ1) is 16.5. The van der Waals surface area contributed by atoms with Crippen molar-refractivity contribution in [3.63, 3.8) is 0 Å². The van der Waals surface area contributed by atoms with Gasteiger partial charge >= 0.3 is 0 Å². The predicted octanol–water partition coefficient (Wildman–Crippen LogP) is 2.68. The van der Waals surface area contributed by atoms with Crippen molar-refractivity contribution in [3.05, 3.63) is 88.2 Å². The first-order valence-electron chi connectivity index (χ1n) is 11.2. The summed E-state index contributed by atoms with van der Waals surface area (Å²) in [6.07, 6.45) is 1.88. The number of pyridine rings is 1. The molecule has 0 spiro atoms.